The van der Waals surface area contributed by atoms with E-state index in [1.165, 1.54) is 72.5 Å². The summed E-state index contributed by atoms with van der Waals surface area (Å²) in [5, 5.41) is 10.9. The maximum atomic E-state index is 10.9. The number of aliphatic hydroxyl groups is 1. The van der Waals surface area contributed by atoms with E-state index in [1.807, 2.05) is 24.3 Å². The van der Waals surface area contributed by atoms with Gasteiger partial charge in [-0.05, 0) is 24.1 Å². The highest BCUT2D eigenvalue weighted by Crippen LogP contribution is 2.31. The van der Waals surface area contributed by atoms with Gasteiger partial charge in [0, 0.05) is 6.08 Å². The van der Waals surface area contributed by atoms with Crippen molar-refractivity contribution in [3.63, 3.8) is 0 Å². The lowest BCUT2D eigenvalue weighted by molar-refractivity contribution is 0.184. The second-order valence-corrected chi connectivity index (χ2v) is 7.44. The number of benzene rings is 1. The molecule has 1 unspecified atom stereocenters. The molecular formula is C26H40O5. The third kappa shape index (κ3) is 9.97. The maximum absolute atomic E-state index is 10.9. The molecule has 0 aliphatic heterocycles. The second kappa shape index (κ2) is 16.3. The molecule has 5 heteroatoms. The number of methoxy groups -OCH3 is 3. The summed E-state index contributed by atoms with van der Waals surface area (Å²) < 4.78 is 21.5. The van der Waals surface area contributed by atoms with E-state index in [1.54, 1.807) is 6.08 Å². The first-order valence-corrected chi connectivity index (χ1v) is 11.2. The van der Waals surface area contributed by atoms with Crippen LogP contribution in [0.4, 0.5) is 0 Å². The lowest BCUT2D eigenvalue weighted by Gasteiger charge is -2.19. The van der Waals surface area contributed by atoms with Gasteiger partial charge in [0.25, 0.3) is 0 Å². The van der Waals surface area contributed by atoms with Crippen molar-refractivity contribution in [1.82, 2.24) is 0 Å². The third-order valence-electron chi connectivity index (χ3n) is 5.12. The van der Waals surface area contributed by atoms with Crippen molar-refractivity contribution in [2.45, 2.75) is 64.4 Å². The SMILES string of the molecule is C=C(OC)/C(=C(\C=C\OC)OC)C(O)c1ccc(OCCCCCCCCCC)cc1. The topological polar surface area (TPSA) is 57.2 Å². The highest BCUT2D eigenvalue weighted by atomic mass is 16.5. The van der Waals surface area contributed by atoms with Gasteiger partial charge in [0.1, 0.15) is 23.4 Å². The zero-order chi connectivity index (χ0) is 22.9. The molecule has 0 spiro atoms. The standard InChI is InChI=1S/C26H40O5/c1-6-7-8-9-10-11-12-13-19-31-23-16-14-22(15-17-23)26(27)25(21(2)29-4)24(30-5)18-20-28-3/h14-18,20,26-27H,2,6-13,19H2,1,3-5H3/b20-18+,25-24-. The summed E-state index contributed by atoms with van der Waals surface area (Å²) in [7, 11) is 4.56. The number of aliphatic hydroxyl groups excluding tert-OH is 1. The fourth-order valence-electron chi connectivity index (χ4n) is 3.27. The van der Waals surface area contributed by atoms with Gasteiger partial charge in [-0.2, -0.15) is 0 Å². The van der Waals surface area contributed by atoms with E-state index in [4.69, 9.17) is 18.9 Å². The van der Waals surface area contributed by atoms with Crippen LogP contribution in [0.2, 0.25) is 0 Å². The normalized spacial score (nSPS) is 12.9. The van der Waals surface area contributed by atoms with Crippen molar-refractivity contribution in [2.24, 2.45) is 0 Å². The Morgan fingerprint density at radius 2 is 1.55 bits per heavy atom. The van der Waals surface area contributed by atoms with Crippen LogP contribution in [0.15, 0.2) is 60.3 Å². The summed E-state index contributed by atoms with van der Waals surface area (Å²) in [6.45, 7) is 6.83. The van der Waals surface area contributed by atoms with Crippen molar-refractivity contribution < 1.29 is 24.1 Å². The number of hydrogen-bond acceptors (Lipinski definition) is 5. The van der Waals surface area contributed by atoms with Crippen LogP contribution in [0.3, 0.4) is 0 Å². The van der Waals surface area contributed by atoms with Crippen molar-refractivity contribution >= 4 is 0 Å². The van der Waals surface area contributed by atoms with Crippen LogP contribution in [-0.2, 0) is 14.2 Å². The molecule has 0 heterocycles. The van der Waals surface area contributed by atoms with Gasteiger partial charge in [-0.3, -0.25) is 0 Å². The van der Waals surface area contributed by atoms with E-state index in [9.17, 15) is 5.11 Å². The number of rotatable bonds is 17. The maximum Gasteiger partial charge on any atom is 0.131 e. The van der Waals surface area contributed by atoms with Crippen LogP contribution < -0.4 is 4.74 Å². The molecule has 1 aromatic carbocycles. The number of allylic oxidation sites excluding steroid dienone is 1. The lowest BCUT2D eigenvalue weighted by atomic mass is 9.98. The molecule has 0 aliphatic rings. The predicted octanol–water partition coefficient (Wildman–Crippen LogP) is 6.46. The molecular weight excluding hydrogens is 392 g/mol. The summed E-state index contributed by atoms with van der Waals surface area (Å²) in [4.78, 5) is 0. The average Bonchev–Trinajstić information content (AvgIpc) is 2.80. The largest absolute Gasteiger partial charge is 0.504 e. The van der Waals surface area contributed by atoms with Gasteiger partial charge in [-0.25, -0.2) is 0 Å². The first-order chi connectivity index (χ1) is 15.1. The van der Waals surface area contributed by atoms with E-state index in [0.717, 1.165) is 12.2 Å². The van der Waals surface area contributed by atoms with Gasteiger partial charge in [-0.1, -0.05) is 70.6 Å². The monoisotopic (exact) mass is 432 g/mol. The molecule has 0 radical (unpaired) electrons. The third-order valence-corrected chi connectivity index (χ3v) is 5.12. The highest BCUT2D eigenvalue weighted by molar-refractivity contribution is 5.41. The molecule has 0 saturated carbocycles. The molecule has 0 aromatic heterocycles. The summed E-state index contributed by atoms with van der Waals surface area (Å²) in [6, 6.07) is 7.41. The van der Waals surface area contributed by atoms with Crippen LogP contribution in [0.1, 0.15) is 70.0 Å². The van der Waals surface area contributed by atoms with Crippen LogP contribution in [0.5, 0.6) is 5.75 Å². The van der Waals surface area contributed by atoms with Gasteiger partial charge < -0.3 is 24.1 Å². The van der Waals surface area contributed by atoms with Crippen LogP contribution in [0.25, 0.3) is 0 Å². The van der Waals surface area contributed by atoms with Gasteiger partial charge in [0.15, 0.2) is 0 Å². The Labute approximate surface area is 188 Å². The van der Waals surface area contributed by atoms with Crippen molar-refractivity contribution in [2.75, 3.05) is 27.9 Å². The Hall–Kier alpha value is -2.40. The summed E-state index contributed by atoms with van der Waals surface area (Å²) in [5.41, 5.74) is 1.12. The molecule has 0 fully saturated rings. The van der Waals surface area contributed by atoms with E-state index in [-0.39, 0.29) is 0 Å². The van der Waals surface area contributed by atoms with E-state index >= 15 is 0 Å². The molecule has 174 valence electrons. The van der Waals surface area contributed by atoms with Crippen molar-refractivity contribution in [1.29, 1.82) is 0 Å². The molecule has 0 amide bonds. The Bertz CT molecular complexity index is 676. The average molecular weight is 433 g/mol. The molecule has 1 aromatic rings. The molecule has 1 rings (SSSR count). The lowest BCUT2D eigenvalue weighted by Crippen LogP contribution is -2.09. The van der Waals surface area contributed by atoms with Gasteiger partial charge in [0.05, 0.1) is 39.8 Å². The molecule has 0 aliphatic carbocycles. The first kappa shape index (κ1) is 26.6. The highest BCUT2D eigenvalue weighted by Gasteiger charge is 2.22. The second-order valence-electron chi connectivity index (χ2n) is 7.44. The van der Waals surface area contributed by atoms with Crippen molar-refractivity contribution in [3.8, 4) is 5.75 Å². The fourth-order valence-corrected chi connectivity index (χ4v) is 3.27. The van der Waals surface area contributed by atoms with Gasteiger partial charge in [-0.15, -0.1) is 0 Å². The minimum atomic E-state index is -0.967. The first-order valence-electron chi connectivity index (χ1n) is 11.2. The Morgan fingerprint density at radius 1 is 0.935 bits per heavy atom. The van der Waals surface area contributed by atoms with Crippen molar-refractivity contribution in [3.05, 3.63) is 65.8 Å². The zero-order valence-electron chi connectivity index (χ0n) is 19.7. The molecule has 0 bridgehead atoms. The molecule has 0 saturated heterocycles. The van der Waals surface area contributed by atoms with Crippen LogP contribution in [-0.4, -0.2) is 33.0 Å². The van der Waals surface area contributed by atoms with Gasteiger partial charge >= 0.3 is 0 Å². The minimum Gasteiger partial charge on any atom is -0.504 e. The summed E-state index contributed by atoms with van der Waals surface area (Å²) >= 11 is 0. The van der Waals surface area contributed by atoms with E-state index in [0.29, 0.717) is 29.3 Å². The Morgan fingerprint density at radius 3 is 2.10 bits per heavy atom. The molecule has 5 nitrogen and oxygen atoms in total. The summed E-state index contributed by atoms with van der Waals surface area (Å²) in [5.74, 6) is 1.53. The Balaban J connectivity index is 2.63. The zero-order valence-corrected chi connectivity index (χ0v) is 19.7. The summed E-state index contributed by atoms with van der Waals surface area (Å²) in [6.07, 6.45) is 12.3. The molecule has 1 atom stereocenters. The van der Waals surface area contributed by atoms with E-state index < -0.39 is 6.10 Å². The number of ether oxygens (including phenoxy) is 4. The quantitative estimate of drug-likeness (QED) is 0.174. The Kier molecular flexibility index (Phi) is 14.0. The number of hydrogen-bond donors (Lipinski definition) is 1. The van der Waals surface area contributed by atoms with Gasteiger partial charge in [0.2, 0.25) is 0 Å². The smallest absolute Gasteiger partial charge is 0.131 e. The predicted molar refractivity (Wildman–Crippen MR) is 126 cm³/mol. The van der Waals surface area contributed by atoms with E-state index in [2.05, 4.69) is 13.5 Å². The van der Waals surface area contributed by atoms with Crippen LogP contribution >= 0.6 is 0 Å². The van der Waals surface area contributed by atoms with Crippen LogP contribution in [0, 0.1) is 0 Å². The minimum absolute atomic E-state index is 0.320. The fraction of sp³-hybridized carbons (Fsp3) is 0.538. The number of unbranched alkanes of at least 4 members (excludes halogenated alkanes) is 7. The molecule has 31 heavy (non-hydrogen) atoms. The molecule has 1 N–H and O–H groups in total.